The van der Waals surface area contributed by atoms with Crippen molar-refractivity contribution in [3.8, 4) is 5.75 Å². The summed E-state index contributed by atoms with van der Waals surface area (Å²) < 4.78 is 5.60. The van der Waals surface area contributed by atoms with Crippen LogP contribution >= 0.6 is 0 Å². The second-order valence-corrected chi connectivity index (χ2v) is 5.35. The Hall–Kier alpha value is -1.02. The fourth-order valence-corrected chi connectivity index (χ4v) is 3.26. The maximum Gasteiger partial charge on any atom is 0.119 e. The second kappa shape index (κ2) is 5.75. The van der Waals surface area contributed by atoms with Gasteiger partial charge in [0.1, 0.15) is 5.75 Å². The van der Waals surface area contributed by atoms with Crippen molar-refractivity contribution < 1.29 is 4.74 Å². The maximum atomic E-state index is 6.74. The van der Waals surface area contributed by atoms with Crippen LogP contribution in [0.4, 0.5) is 0 Å². The molecule has 0 radical (unpaired) electrons. The molecule has 18 heavy (non-hydrogen) atoms. The van der Waals surface area contributed by atoms with Crippen molar-refractivity contribution in [2.45, 2.75) is 51.5 Å². The Morgan fingerprint density at radius 1 is 1.33 bits per heavy atom. The van der Waals surface area contributed by atoms with Gasteiger partial charge in [-0.2, -0.15) is 0 Å². The fraction of sp³-hybridized carbons (Fsp3) is 0.625. The van der Waals surface area contributed by atoms with Gasteiger partial charge in [0.25, 0.3) is 0 Å². The maximum absolute atomic E-state index is 6.74. The molecule has 2 N–H and O–H groups in total. The van der Waals surface area contributed by atoms with E-state index in [0.29, 0.717) is 12.5 Å². The highest BCUT2D eigenvalue weighted by Gasteiger charge is 2.37. The third-order valence-electron chi connectivity index (χ3n) is 4.30. The lowest BCUT2D eigenvalue weighted by Crippen LogP contribution is -2.46. The summed E-state index contributed by atoms with van der Waals surface area (Å²) in [6.45, 7) is 4.97. The topological polar surface area (TPSA) is 35.2 Å². The summed E-state index contributed by atoms with van der Waals surface area (Å²) in [4.78, 5) is 0. The van der Waals surface area contributed by atoms with E-state index < -0.39 is 0 Å². The van der Waals surface area contributed by atoms with E-state index in [0.717, 1.165) is 18.6 Å². The van der Waals surface area contributed by atoms with Crippen LogP contribution in [-0.4, -0.2) is 6.61 Å². The van der Waals surface area contributed by atoms with Crippen LogP contribution in [0.2, 0.25) is 0 Å². The first kappa shape index (κ1) is 13.4. The van der Waals surface area contributed by atoms with Crippen molar-refractivity contribution in [1.82, 2.24) is 0 Å². The van der Waals surface area contributed by atoms with Gasteiger partial charge in [0.15, 0.2) is 0 Å². The zero-order valence-electron chi connectivity index (χ0n) is 11.6. The van der Waals surface area contributed by atoms with Gasteiger partial charge in [0.05, 0.1) is 6.61 Å². The van der Waals surface area contributed by atoms with E-state index in [9.17, 15) is 0 Å². The Labute approximate surface area is 111 Å². The van der Waals surface area contributed by atoms with Crippen LogP contribution in [0.5, 0.6) is 5.75 Å². The summed E-state index contributed by atoms with van der Waals surface area (Å²) in [5.41, 5.74) is 7.84. The van der Waals surface area contributed by atoms with E-state index in [1.54, 1.807) is 0 Å². The molecule has 0 aromatic heterocycles. The Morgan fingerprint density at radius 2 is 2.17 bits per heavy atom. The van der Waals surface area contributed by atoms with Crippen LogP contribution in [0.15, 0.2) is 24.3 Å². The van der Waals surface area contributed by atoms with Crippen molar-refractivity contribution in [2.75, 3.05) is 6.61 Å². The fourth-order valence-electron chi connectivity index (χ4n) is 3.26. The molecule has 2 nitrogen and oxygen atoms in total. The highest BCUT2D eigenvalue weighted by molar-refractivity contribution is 5.34. The van der Waals surface area contributed by atoms with Gasteiger partial charge in [-0.05, 0) is 43.4 Å². The van der Waals surface area contributed by atoms with Gasteiger partial charge in [-0.3, -0.25) is 0 Å². The van der Waals surface area contributed by atoms with Gasteiger partial charge in [0.2, 0.25) is 0 Å². The van der Waals surface area contributed by atoms with E-state index in [-0.39, 0.29) is 5.54 Å². The molecule has 0 heterocycles. The van der Waals surface area contributed by atoms with Crippen LogP contribution < -0.4 is 10.5 Å². The molecule has 1 fully saturated rings. The molecule has 0 saturated heterocycles. The molecule has 2 rings (SSSR count). The van der Waals surface area contributed by atoms with Crippen LogP contribution in [0.1, 0.15) is 51.5 Å². The number of nitrogens with two attached hydrogens (primary N) is 1. The van der Waals surface area contributed by atoms with Crippen molar-refractivity contribution in [3.63, 3.8) is 0 Å². The quantitative estimate of drug-likeness (QED) is 0.877. The highest BCUT2D eigenvalue weighted by Crippen LogP contribution is 2.41. The average Bonchev–Trinajstić information content (AvgIpc) is 2.40. The molecule has 2 heteroatoms. The third kappa shape index (κ3) is 2.54. The number of benzene rings is 1. The second-order valence-electron chi connectivity index (χ2n) is 5.35. The van der Waals surface area contributed by atoms with E-state index in [1.807, 2.05) is 13.0 Å². The minimum atomic E-state index is -0.153. The molecule has 2 unspecified atom stereocenters. The molecule has 1 aliphatic rings. The van der Waals surface area contributed by atoms with E-state index >= 15 is 0 Å². The van der Waals surface area contributed by atoms with Crippen LogP contribution in [0, 0.1) is 5.92 Å². The number of rotatable bonds is 4. The minimum absolute atomic E-state index is 0.153. The van der Waals surface area contributed by atoms with Crippen LogP contribution in [-0.2, 0) is 5.54 Å². The monoisotopic (exact) mass is 247 g/mol. The summed E-state index contributed by atoms with van der Waals surface area (Å²) in [6.07, 6.45) is 6.08. The molecule has 100 valence electrons. The first-order chi connectivity index (χ1) is 8.70. The zero-order chi connectivity index (χ0) is 13.0. The lowest BCUT2D eigenvalue weighted by Gasteiger charge is -2.41. The van der Waals surface area contributed by atoms with Gasteiger partial charge < -0.3 is 10.5 Å². The van der Waals surface area contributed by atoms with E-state index in [1.165, 1.54) is 24.8 Å². The molecule has 0 spiro atoms. The average molecular weight is 247 g/mol. The van der Waals surface area contributed by atoms with Gasteiger partial charge in [-0.1, -0.05) is 38.3 Å². The molecule has 0 amide bonds. The van der Waals surface area contributed by atoms with Gasteiger partial charge >= 0.3 is 0 Å². The summed E-state index contributed by atoms with van der Waals surface area (Å²) in [5.74, 6) is 1.54. The summed E-state index contributed by atoms with van der Waals surface area (Å²) >= 11 is 0. The molecular formula is C16H25NO. The predicted molar refractivity (Wildman–Crippen MR) is 75.7 cm³/mol. The molecular weight excluding hydrogens is 222 g/mol. The van der Waals surface area contributed by atoms with Gasteiger partial charge in [-0.25, -0.2) is 0 Å². The smallest absolute Gasteiger partial charge is 0.119 e. The standard InChI is InChI=1S/C16H25NO/c1-3-13-8-5-6-11-16(13,17)14-9-7-10-15(12-14)18-4-2/h7,9-10,12-13H,3-6,8,11,17H2,1-2H3. The van der Waals surface area contributed by atoms with Crippen LogP contribution in [0.3, 0.4) is 0 Å². The lowest BCUT2D eigenvalue weighted by atomic mass is 9.68. The van der Waals surface area contributed by atoms with Crippen molar-refractivity contribution in [3.05, 3.63) is 29.8 Å². The van der Waals surface area contributed by atoms with Crippen molar-refractivity contribution in [2.24, 2.45) is 11.7 Å². The number of hydrogen-bond donors (Lipinski definition) is 1. The largest absolute Gasteiger partial charge is 0.494 e. The Balaban J connectivity index is 2.29. The van der Waals surface area contributed by atoms with E-state index in [4.69, 9.17) is 10.5 Å². The van der Waals surface area contributed by atoms with Crippen molar-refractivity contribution >= 4 is 0 Å². The van der Waals surface area contributed by atoms with Crippen LogP contribution in [0.25, 0.3) is 0 Å². The Kier molecular flexibility index (Phi) is 4.28. The summed E-state index contributed by atoms with van der Waals surface area (Å²) in [6, 6.07) is 8.38. The molecule has 0 aliphatic heterocycles. The predicted octanol–water partition coefficient (Wildman–Crippen LogP) is 3.84. The van der Waals surface area contributed by atoms with Crippen molar-refractivity contribution in [1.29, 1.82) is 0 Å². The summed E-state index contributed by atoms with van der Waals surface area (Å²) in [5, 5.41) is 0. The third-order valence-corrected chi connectivity index (χ3v) is 4.30. The summed E-state index contributed by atoms with van der Waals surface area (Å²) in [7, 11) is 0. The number of hydrogen-bond acceptors (Lipinski definition) is 2. The SMILES string of the molecule is CCOc1cccc(C2(N)CCCCC2CC)c1. The number of ether oxygens (including phenoxy) is 1. The first-order valence-corrected chi connectivity index (χ1v) is 7.23. The molecule has 1 aromatic carbocycles. The molecule has 1 aromatic rings. The Bertz CT molecular complexity index is 390. The highest BCUT2D eigenvalue weighted by atomic mass is 16.5. The minimum Gasteiger partial charge on any atom is -0.494 e. The van der Waals surface area contributed by atoms with Gasteiger partial charge in [0, 0.05) is 5.54 Å². The lowest BCUT2D eigenvalue weighted by molar-refractivity contribution is 0.183. The zero-order valence-corrected chi connectivity index (χ0v) is 11.6. The normalized spacial score (nSPS) is 28.1. The Morgan fingerprint density at radius 3 is 2.89 bits per heavy atom. The first-order valence-electron chi connectivity index (χ1n) is 7.23. The molecule has 1 aliphatic carbocycles. The molecule has 0 bridgehead atoms. The van der Waals surface area contributed by atoms with Gasteiger partial charge in [-0.15, -0.1) is 0 Å². The molecule has 1 saturated carbocycles. The van der Waals surface area contributed by atoms with E-state index in [2.05, 4.69) is 25.1 Å². The molecule has 2 atom stereocenters.